The summed E-state index contributed by atoms with van der Waals surface area (Å²) < 4.78 is 4.57. The average molecular weight is 325 g/mol. The molecule has 0 bridgehead atoms. The molecule has 1 atom stereocenters. The molecule has 1 aliphatic heterocycles. The molecule has 0 aromatic rings. The average Bonchev–Trinajstić information content (AvgIpc) is 2.76. The van der Waals surface area contributed by atoms with Crippen LogP contribution in [0.1, 0.15) is 47.0 Å². The van der Waals surface area contributed by atoms with Gasteiger partial charge in [0, 0.05) is 25.9 Å². The number of hydrogen-bond acceptors (Lipinski definition) is 5. The normalized spacial score (nSPS) is 17.7. The summed E-state index contributed by atoms with van der Waals surface area (Å²) in [7, 11) is 0. The molecule has 1 fully saturated rings. The maximum Gasteiger partial charge on any atom is 0.324 e. The largest absolute Gasteiger partial charge is 0.457 e. The van der Waals surface area contributed by atoms with Crippen molar-refractivity contribution in [3.05, 3.63) is 0 Å². The third-order valence-electron chi connectivity index (χ3n) is 3.57. The van der Waals surface area contributed by atoms with Gasteiger partial charge in [0.1, 0.15) is 0 Å². The minimum atomic E-state index is -1.27. The van der Waals surface area contributed by atoms with Crippen molar-refractivity contribution in [1.82, 2.24) is 4.90 Å². The van der Waals surface area contributed by atoms with Gasteiger partial charge in [0.25, 0.3) is 0 Å². The Kier molecular flexibility index (Phi) is 7.39. The van der Waals surface area contributed by atoms with Gasteiger partial charge in [-0.2, -0.15) is 0 Å². The zero-order chi connectivity index (χ0) is 17.6. The Morgan fingerprint density at radius 1 is 1.09 bits per heavy atom. The zero-order valence-electron chi connectivity index (χ0n) is 14.5. The molecule has 23 heavy (non-hydrogen) atoms. The fourth-order valence-corrected chi connectivity index (χ4v) is 2.63. The second-order valence-corrected chi connectivity index (χ2v) is 6.91. The highest BCUT2D eigenvalue weighted by molar-refractivity contribution is 6.20. The summed E-state index contributed by atoms with van der Waals surface area (Å²) >= 11 is 0. The summed E-state index contributed by atoms with van der Waals surface area (Å²) in [6.45, 7) is 9.30. The van der Waals surface area contributed by atoms with Crippen molar-refractivity contribution in [3.63, 3.8) is 0 Å². The van der Waals surface area contributed by atoms with Gasteiger partial charge in [-0.3, -0.25) is 19.2 Å². The molecule has 0 aromatic carbocycles. The number of cyclic esters (lactones) is 1. The minimum Gasteiger partial charge on any atom is -0.457 e. The molecule has 0 saturated carbocycles. The van der Waals surface area contributed by atoms with Gasteiger partial charge in [-0.25, -0.2) is 0 Å². The summed E-state index contributed by atoms with van der Waals surface area (Å²) in [6.07, 6.45) is 0.650. The third-order valence-corrected chi connectivity index (χ3v) is 3.57. The second kappa shape index (κ2) is 8.79. The Hall–Kier alpha value is -1.72. The fraction of sp³-hybridized carbons (Fsp3) is 0.765. The van der Waals surface area contributed by atoms with Gasteiger partial charge < -0.3 is 9.64 Å². The molecule has 0 radical (unpaired) electrons. The van der Waals surface area contributed by atoms with Gasteiger partial charge in [0.2, 0.25) is 5.91 Å². The maximum absolute atomic E-state index is 12.3. The molecular weight excluding hydrogens is 298 g/mol. The molecule has 0 N–H and O–H groups in total. The molecule has 1 heterocycles. The molecule has 1 aliphatic rings. The fourth-order valence-electron chi connectivity index (χ4n) is 2.63. The number of hydrogen-bond donors (Lipinski definition) is 0. The standard InChI is InChI=1S/C17H27NO5/c1-11(2)8-18(9-12(3)4)15(21)7-5-6-13(19)16-14(20)10-23-17(16)22/h11-12,16H,5-10H2,1-4H3. The van der Waals surface area contributed by atoms with E-state index in [4.69, 9.17) is 0 Å². The second-order valence-electron chi connectivity index (χ2n) is 6.91. The van der Waals surface area contributed by atoms with Gasteiger partial charge in [-0.1, -0.05) is 27.7 Å². The predicted octanol–water partition coefficient (Wildman–Crippen LogP) is 1.61. The molecule has 6 nitrogen and oxygen atoms in total. The number of carbonyl (C=O) groups excluding carboxylic acids is 4. The number of Topliss-reactive ketones (excluding diaryl/α,β-unsaturated/α-hetero) is 2. The number of ketones is 2. The van der Waals surface area contributed by atoms with Gasteiger partial charge in [-0.05, 0) is 18.3 Å². The molecule has 1 amide bonds. The Balaban J connectivity index is 2.45. The smallest absolute Gasteiger partial charge is 0.324 e. The number of carbonyl (C=O) groups is 4. The van der Waals surface area contributed by atoms with Crippen LogP contribution in [0.4, 0.5) is 0 Å². The molecule has 6 heteroatoms. The van der Waals surface area contributed by atoms with E-state index in [0.29, 0.717) is 31.3 Å². The molecule has 130 valence electrons. The van der Waals surface area contributed by atoms with Crippen LogP contribution in [-0.4, -0.2) is 48.0 Å². The summed E-state index contributed by atoms with van der Waals surface area (Å²) in [5.74, 6) is -2.17. The van der Waals surface area contributed by atoms with Gasteiger partial charge in [-0.15, -0.1) is 0 Å². The topological polar surface area (TPSA) is 80.8 Å². The maximum atomic E-state index is 12.3. The first-order valence-corrected chi connectivity index (χ1v) is 8.22. The van der Waals surface area contributed by atoms with Crippen molar-refractivity contribution >= 4 is 23.4 Å². The predicted molar refractivity (Wildman–Crippen MR) is 84.6 cm³/mol. The lowest BCUT2D eigenvalue weighted by Crippen LogP contribution is -2.37. The molecule has 0 aromatic heterocycles. The quantitative estimate of drug-likeness (QED) is 0.475. The molecule has 1 saturated heterocycles. The Labute approximate surface area is 137 Å². The lowest BCUT2D eigenvalue weighted by atomic mass is 9.97. The van der Waals surface area contributed by atoms with Gasteiger partial charge >= 0.3 is 5.97 Å². The van der Waals surface area contributed by atoms with Crippen molar-refractivity contribution in [3.8, 4) is 0 Å². The monoisotopic (exact) mass is 325 g/mol. The summed E-state index contributed by atoms with van der Waals surface area (Å²) in [5.41, 5.74) is 0. The van der Waals surface area contributed by atoms with E-state index in [1.54, 1.807) is 0 Å². The van der Waals surface area contributed by atoms with E-state index in [2.05, 4.69) is 32.4 Å². The molecule has 0 spiro atoms. The van der Waals surface area contributed by atoms with Crippen molar-refractivity contribution in [2.75, 3.05) is 19.7 Å². The summed E-state index contributed by atoms with van der Waals surface area (Å²) in [5, 5.41) is 0. The van der Waals surface area contributed by atoms with Crippen molar-refractivity contribution < 1.29 is 23.9 Å². The number of esters is 1. The van der Waals surface area contributed by atoms with E-state index >= 15 is 0 Å². The van der Waals surface area contributed by atoms with Crippen LogP contribution < -0.4 is 0 Å². The van der Waals surface area contributed by atoms with Crippen molar-refractivity contribution in [2.45, 2.75) is 47.0 Å². The molecule has 1 rings (SSSR count). The van der Waals surface area contributed by atoms with E-state index in [1.165, 1.54) is 0 Å². The van der Waals surface area contributed by atoms with Gasteiger partial charge in [0.15, 0.2) is 24.1 Å². The highest BCUT2D eigenvalue weighted by atomic mass is 16.5. The number of amides is 1. The van der Waals surface area contributed by atoms with E-state index in [9.17, 15) is 19.2 Å². The first-order chi connectivity index (χ1) is 10.7. The first-order valence-electron chi connectivity index (χ1n) is 8.22. The van der Waals surface area contributed by atoms with E-state index in [-0.39, 0.29) is 25.4 Å². The first kappa shape index (κ1) is 19.3. The molecule has 1 unspecified atom stereocenters. The van der Waals surface area contributed by atoms with Crippen LogP contribution in [0.2, 0.25) is 0 Å². The number of ether oxygens (including phenoxy) is 1. The van der Waals surface area contributed by atoms with Crippen LogP contribution in [-0.2, 0) is 23.9 Å². The SMILES string of the molecule is CC(C)CN(CC(C)C)C(=O)CCCC(=O)C1C(=O)COC1=O. The lowest BCUT2D eigenvalue weighted by molar-refractivity contribution is -0.144. The molecule has 0 aliphatic carbocycles. The highest BCUT2D eigenvalue weighted by Crippen LogP contribution is 2.16. The van der Waals surface area contributed by atoms with Crippen molar-refractivity contribution in [2.24, 2.45) is 17.8 Å². The molecular formula is C17H27NO5. The van der Waals surface area contributed by atoms with Crippen LogP contribution in [0.3, 0.4) is 0 Å². The highest BCUT2D eigenvalue weighted by Gasteiger charge is 2.40. The zero-order valence-corrected chi connectivity index (χ0v) is 14.5. The van der Waals surface area contributed by atoms with E-state index < -0.39 is 23.5 Å². The van der Waals surface area contributed by atoms with Crippen LogP contribution in [0.5, 0.6) is 0 Å². The van der Waals surface area contributed by atoms with E-state index in [1.807, 2.05) is 4.90 Å². The van der Waals surface area contributed by atoms with E-state index in [0.717, 1.165) is 0 Å². The van der Waals surface area contributed by atoms with Crippen LogP contribution in [0.25, 0.3) is 0 Å². The summed E-state index contributed by atoms with van der Waals surface area (Å²) in [4.78, 5) is 48.8. The number of rotatable bonds is 9. The Morgan fingerprint density at radius 2 is 1.65 bits per heavy atom. The van der Waals surface area contributed by atoms with Crippen LogP contribution in [0.15, 0.2) is 0 Å². The third kappa shape index (κ3) is 6.12. The van der Waals surface area contributed by atoms with Crippen LogP contribution in [0, 0.1) is 17.8 Å². The Morgan fingerprint density at radius 3 is 2.09 bits per heavy atom. The Bertz CT molecular complexity index is 444. The minimum absolute atomic E-state index is 0.0144. The van der Waals surface area contributed by atoms with Gasteiger partial charge in [0.05, 0.1) is 0 Å². The van der Waals surface area contributed by atoms with Crippen molar-refractivity contribution in [1.29, 1.82) is 0 Å². The number of nitrogens with zero attached hydrogens (tertiary/aromatic N) is 1. The van der Waals surface area contributed by atoms with Crippen LogP contribution >= 0.6 is 0 Å². The lowest BCUT2D eigenvalue weighted by Gasteiger charge is -2.26. The summed E-state index contributed by atoms with van der Waals surface area (Å²) in [6, 6.07) is 0.